The highest BCUT2D eigenvalue weighted by atomic mass is 16.2. The van der Waals surface area contributed by atoms with E-state index in [-0.39, 0.29) is 30.2 Å². The van der Waals surface area contributed by atoms with E-state index in [9.17, 15) is 9.59 Å². The minimum atomic E-state index is -0.0879. The summed E-state index contributed by atoms with van der Waals surface area (Å²) in [5.74, 6) is 0.633. The first-order valence-corrected chi connectivity index (χ1v) is 11.7. The molecule has 0 bridgehead atoms. The van der Waals surface area contributed by atoms with E-state index in [4.69, 9.17) is 4.98 Å². The number of anilines is 1. The molecule has 6 heteroatoms. The molecular formula is C26H36N4O2. The van der Waals surface area contributed by atoms with E-state index >= 15 is 0 Å². The van der Waals surface area contributed by atoms with Crippen LogP contribution in [0.3, 0.4) is 0 Å². The number of benzene rings is 1. The molecule has 6 nitrogen and oxygen atoms in total. The van der Waals surface area contributed by atoms with Crippen LogP contribution >= 0.6 is 0 Å². The number of rotatable bonds is 9. The van der Waals surface area contributed by atoms with Gasteiger partial charge in [0.2, 0.25) is 11.8 Å². The lowest BCUT2D eigenvalue weighted by molar-refractivity contribution is -0.133. The van der Waals surface area contributed by atoms with E-state index in [1.165, 1.54) is 5.56 Å². The number of carbonyl (C=O) groups excluding carboxylic acids is 2. The summed E-state index contributed by atoms with van der Waals surface area (Å²) in [5, 5.41) is 6.31. The minimum Gasteiger partial charge on any atom is -0.346 e. The molecule has 2 atom stereocenters. The molecule has 2 N–H and O–H groups in total. The van der Waals surface area contributed by atoms with Crippen LogP contribution in [0.2, 0.25) is 0 Å². The number of aromatic nitrogens is 1. The van der Waals surface area contributed by atoms with E-state index in [2.05, 4.69) is 55.7 Å². The van der Waals surface area contributed by atoms with Crippen molar-refractivity contribution in [2.24, 2.45) is 5.92 Å². The summed E-state index contributed by atoms with van der Waals surface area (Å²) in [4.78, 5) is 31.1. The van der Waals surface area contributed by atoms with Gasteiger partial charge in [0, 0.05) is 37.7 Å². The SMILES string of the molecule is CCc1cccc(-c2cnc(C(C)CC)c(NC(=O)CNCC3CCN(C)C(=O)C3)c2)c1. The van der Waals surface area contributed by atoms with Crippen molar-refractivity contribution in [3.8, 4) is 11.1 Å². The first-order valence-electron chi connectivity index (χ1n) is 11.7. The smallest absolute Gasteiger partial charge is 0.238 e. The Labute approximate surface area is 191 Å². The summed E-state index contributed by atoms with van der Waals surface area (Å²) in [6, 6.07) is 10.5. The molecule has 2 unspecified atom stereocenters. The molecule has 2 heterocycles. The van der Waals surface area contributed by atoms with Gasteiger partial charge in [0.05, 0.1) is 17.9 Å². The number of piperidine rings is 1. The van der Waals surface area contributed by atoms with Crippen LogP contribution in [0.15, 0.2) is 36.5 Å². The third kappa shape index (κ3) is 6.16. The number of likely N-dealkylation sites (tertiary alicyclic amines) is 1. The standard InChI is InChI=1S/C26H36N4O2/c1-5-18(3)26-23(14-22(16-28-26)21-9-7-8-19(6-2)12-21)29-24(31)17-27-15-20-10-11-30(4)25(32)13-20/h7-9,12,14,16,18,20,27H,5-6,10-11,13,15,17H2,1-4H3,(H,29,31). The van der Waals surface area contributed by atoms with E-state index in [1.54, 1.807) is 4.90 Å². The van der Waals surface area contributed by atoms with Gasteiger partial charge in [-0.3, -0.25) is 14.6 Å². The molecule has 2 aromatic rings. The summed E-state index contributed by atoms with van der Waals surface area (Å²) in [6.45, 7) is 8.08. The van der Waals surface area contributed by atoms with Gasteiger partial charge in [-0.1, -0.05) is 45.0 Å². The van der Waals surface area contributed by atoms with Crippen LogP contribution in [-0.4, -0.2) is 48.4 Å². The Kier molecular flexibility index (Phi) is 8.39. The minimum absolute atomic E-state index is 0.0879. The molecule has 1 aliphatic heterocycles. The highest BCUT2D eigenvalue weighted by molar-refractivity contribution is 5.93. The second-order valence-corrected chi connectivity index (χ2v) is 8.87. The van der Waals surface area contributed by atoms with Crippen molar-refractivity contribution in [3.05, 3.63) is 47.8 Å². The molecule has 1 aromatic carbocycles. The monoisotopic (exact) mass is 436 g/mol. The van der Waals surface area contributed by atoms with Crippen LogP contribution in [0.1, 0.15) is 57.2 Å². The van der Waals surface area contributed by atoms with Crippen molar-refractivity contribution in [2.45, 2.75) is 52.4 Å². The number of pyridine rings is 1. The number of nitrogens with one attached hydrogen (secondary N) is 2. The fourth-order valence-electron chi connectivity index (χ4n) is 4.05. The largest absolute Gasteiger partial charge is 0.346 e. The molecule has 0 spiro atoms. The Morgan fingerprint density at radius 3 is 2.78 bits per heavy atom. The zero-order chi connectivity index (χ0) is 23.1. The van der Waals surface area contributed by atoms with Gasteiger partial charge >= 0.3 is 0 Å². The number of amides is 2. The highest BCUT2D eigenvalue weighted by Gasteiger charge is 2.23. The summed E-state index contributed by atoms with van der Waals surface area (Å²) in [5.41, 5.74) is 5.07. The number of aryl methyl sites for hydroxylation is 1. The zero-order valence-corrected chi connectivity index (χ0v) is 19.8. The first-order chi connectivity index (χ1) is 15.4. The lowest BCUT2D eigenvalue weighted by Crippen LogP contribution is -2.40. The molecule has 1 aromatic heterocycles. The van der Waals surface area contributed by atoms with Crippen molar-refractivity contribution in [1.82, 2.24) is 15.2 Å². The molecule has 3 rings (SSSR count). The molecular weight excluding hydrogens is 400 g/mol. The van der Waals surface area contributed by atoms with E-state index in [1.807, 2.05) is 19.3 Å². The predicted octanol–water partition coefficient (Wildman–Crippen LogP) is 4.22. The fraction of sp³-hybridized carbons (Fsp3) is 0.500. The summed E-state index contributed by atoms with van der Waals surface area (Å²) in [7, 11) is 1.84. The quantitative estimate of drug-likeness (QED) is 0.617. The Balaban J connectivity index is 1.67. The normalized spacial score (nSPS) is 17.3. The van der Waals surface area contributed by atoms with E-state index in [0.29, 0.717) is 13.0 Å². The Morgan fingerprint density at radius 1 is 1.25 bits per heavy atom. The van der Waals surface area contributed by atoms with E-state index < -0.39 is 0 Å². The van der Waals surface area contributed by atoms with E-state index in [0.717, 1.165) is 48.3 Å². The molecule has 0 aliphatic carbocycles. The molecule has 1 aliphatic rings. The zero-order valence-electron chi connectivity index (χ0n) is 19.8. The number of hydrogen-bond donors (Lipinski definition) is 2. The van der Waals surface area contributed by atoms with Crippen LogP contribution in [-0.2, 0) is 16.0 Å². The topological polar surface area (TPSA) is 74.3 Å². The molecule has 172 valence electrons. The molecule has 2 amide bonds. The average Bonchev–Trinajstić information content (AvgIpc) is 2.81. The molecule has 0 saturated carbocycles. The van der Waals surface area contributed by atoms with Gasteiger partial charge in [-0.15, -0.1) is 0 Å². The fourth-order valence-corrected chi connectivity index (χ4v) is 4.05. The maximum absolute atomic E-state index is 12.7. The van der Waals surface area contributed by atoms with Crippen LogP contribution in [0.5, 0.6) is 0 Å². The summed E-state index contributed by atoms with van der Waals surface area (Å²) >= 11 is 0. The maximum Gasteiger partial charge on any atom is 0.238 e. The summed E-state index contributed by atoms with van der Waals surface area (Å²) in [6.07, 6.45) is 5.35. The predicted molar refractivity (Wildman–Crippen MR) is 130 cm³/mol. The third-order valence-electron chi connectivity index (χ3n) is 6.42. The summed E-state index contributed by atoms with van der Waals surface area (Å²) < 4.78 is 0. The van der Waals surface area contributed by atoms with Crippen molar-refractivity contribution < 1.29 is 9.59 Å². The van der Waals surface area contributed by atoms with Gasteiger partial charge in [-0.25, -0.2) is 0 Å². The molecule has 0 radical (unpaired) electrons. The van der Waals surface area contributed by atoms with Gasteiger partial charge in [-0.2, -0.15) is 0 Å². The first kappa shape index (κ1) is 23.9. The number of hydrogen-bond acceptors (Lipinski definition) is 4. The molecule has 32 heavy (non-hydrogen) atoms. The van der Waals surface area contributed by atoms with Gasteiger partial charge in [-0.05, 0) is 48.9 Å². The van der Waals surface area contributed by atoms with Gasteiger partial charge in [0.1, 0.15) is 0 Å². The Hall–Kier alpha value is -2.73. The van der Waals surface area contributed by atoms with Crippen LogP contribution in [0.4, 0.5) is 5.69 Å². The van der Waals surface area contributed by atoms with Crippen molar-refractivity contribution in [2.75, 3.05) is 32.0 Å². The molecule has 1 saturated heterocycles. The van der Waals surface area contributed by atoms with Crippen LogP contribution in [0.25, 0.3) is 11.1 Å². The lowest BCUT2D eigenvalue weighted by Gasteiger charge is -2.28. The second kappa shape index (κ2) is 11.2. The van der Waals surface area contributed by atoms with Crippen molar-refractivity contribution >= 4 is 17.5 Å². The Morgan fingerprint density at radius 2 is 2.06 bits per heavy atom. The highest BCUT2D eigenvalue weighted by Crippen LogP contribution is 2.30. The Bertz CT molecular complexity index is 943. The maximum atomic E-state index is 12.7. The van der Waals surface area contributed by atoms with Gasteiger partial charge in [0.25, 0.3) is 0 Å². The van der Waals surface area contributed by atoms with Crippen molar-refractivity contribution in [1.29, 1.82) is 0 Å². The number of carbonyl (C=O) groups is 2. The lowest BCUT2D eigenvalue weighted by atomic mass is 9.96. The second-order valence-electron chi connectivity index (χ2n) is 8.87. The third-order valence-corrected chi connectivity index (χ3v) is 6.42. The van der Waals surface area contributed by atoms with Gasteiger partial charge in [0.15, 0.2) is 0 Å². The van der Waals surface area contributed by atoms with Crippen LogP contribution < -0.4 is 10.6 Å². The molecule has 1 fully saturated rings. The average molecular weight is 437 g/mol. The van der Waals surface area contributed by atoms with Crippen molar-refractivity contribution in [3.63, 3.8) is 0 Å². The number of nitrogens with zero attached hydrogens (tertiary/aromatic N) is 2. The van der Waals surface area contributed by atoms with Crippen LogP contribution in [0, 0.1) is 5.92 Å². The van der Waals surface area contributed by atoms with Gasteiger partial charge < -0.3 is 15.5 Å².